The first-order valence-electron chi connectivity index (χ1n) is 7.40. The number of sulfonamides is 1. The molecule has 1 saturated heterocycles. The van der Waals surface area contributed by atoms with E-state index in [9.17, 15) is 22.0 Å². The molecule has 1 aliphatic heterocycles. The molecule has 3 heterocycles. The average molecular weight is 374 g/mol. The van der Waals surface area contributed by atoms with E-state index >= 15 is 0 Å². The number of carbonyl (C=O) groups excluding carboxylic acids is 1. The molecule has 136 valence electrons. The number of aryl methyl sites for hydroxylation is 1. The number of piperazine rings is 1. The first-order chi connectivity index (χ1) is 11.8. The third kappa shape index (κ3) is 3.39. The molecule has 0 atom stereocenters. The zero-order valence-corrected chi connectivity index (χ0v) is 14.1. The molecule has 0 N–H and O–H groups in total. The van der Waals surface area contributed by atoms with Gasteiger partial charge >= 0.3 is 6.55 Å². The number of halogens is 2. The molecule has 1 amide bonds. The van der Waals surface area contributed by atoms with Crippen LogP contribution >= 0.6 is 0 Å². The molecule has 0 bridgehead atoms. The van der Waals surface area contributed by atoms with Gasteiger partial charge in [0, 0.05) is 45.6 Å². The highest BCUT2D eigenvalue weighted by Crippen LogP contribution is 2.18. The molecule has 0 saturated carbocycles. The zero-order chi connectivity index (χ0) is 18.2. The van der Waals surface area contributed by atoms with Crippen LogP contribution in [-0.2, 0) is 17.1 Å². The van der Waals surface area contributed by atoms with Gasteiger partial charge in [-0.25, -0.2) is 13.1 Å². The van der Waals surface area contributed by atoms with Gasteiger partial charge in [0.2, 0.25) is 10.0 Å². The van der Waals surface area contributed by atoms with Crippen LogP contribution in [0.1, 0.15) is 17.0 Å². The van der Waals surface area contributed by atoms with Gasteiger partial charge in [0.15, 0.2) is 5.69 Å². The summed E-state index contributed by atoms with van der Waals surface area (Å²) in [5.74, 6) is -0.502. The molecule has 0 aliphatic carbocycles. The molecule has 25 heavy (non-hydrogen) atoms. The summed E-state index contributed by atoms with van der Waals surface area (Å²) in [6.45, 7) is -2.29. The second-order valence-electron chi connectivity index (χ2n) is 5.50. The van der Waals surface area contributed by atoms with E-state index in [2.05, 4.69) is 10.2 Å². The highest BCUT2D eigenvalue weighted by molar-refractivity contribution is 7.89. The summed E-state index contributed by atoms with van der Waals surface area (Å²) in [6.07, 6.45) is 3.70. The van der Waals surface area contributed by atoms with E-state index in [1.54, 1.807) is 7.05 Å². The van der Waals surface area contributed by atoms with Crippen molar-refractivity contribution in [3.05, 3.63) is 30.4 Å². The van der Waals surface area contributed by atoms with Crippen LogP contribution in [-0.4, -0.2) is 69.3 Å². The van der Waals surface area contributed by atoms with Crippen LogP contribution in [0, 0.1) is 0 Å². The fourth-order valence-electron chi connectivity index (χ4n) is 2.54. The molecule has 0 spiro atoms. The Kier molecular flexibility index (Phi) is 4.56. The third-order valence-electron chi connectivity index (χ3n) is 3.87. The van der Waals surface area contributed by atoms with Crippen molar-refractivity contribution in [3.63, 3.8) is 0 Å². The fraction of sp³-hybridized carbons (Fsp3) is 0.462. The Hall–Kier alpha value is -2.34. The van der Waals surface area contributed by atoms with E-state index < -0.39 is 22.5 Å². The van der Waals surface area contributed by atoms with Crippen molar-refractivity contribution in [2.75, 3.05) is 26.2 Å². The lowest BCUT2D eigenvalue weighted by Gasteiger charge is -2.33. The maximum atomic E-state index is 12.5. The van der Waals surface area contributed by atoms with E-state index in [0.717, 1.165) is 6.20 Å². The molecule has 2 aromatic heterocycles. The summed E-state index contributed by atoms with van der Waals surface area (Å²) in [7, 11) is -2.05. The van der Waals surface area contributed by atoms with Gasteiger partial charge < -0.3 is 4.90 Å². The Labute approximate surface area is 142 Å². The third-order valence-corrected chi connectivity index (χ3v) is 5.72. The van der Waals surface area contributed by atoms with Gasteiger partial charge in [0.1, 0.15) is 4.90 Å². The first-order valence-corrected chi connectivity index (χ1v) is 8.84. The zero-order valence-electron chi connectivity index (χ0n) is 13.3. The van der Waals surface area contributed by atoms with Crippen LogP contribution < -0.4 is 0 Å². The second-order valence-corrected chi connectivity index (χ2v) is 7.44. The van der Waals surface area contributed by atoms with Crippen molar-refractivity contribution >= 4 is 15.9 Å². The van der Waals surface area contributed by atoms with E-state index in [-0.39, 0.29) is 36.8 Å². The quantitative estimate of drug-likeness (QED) is 0.760. The van der Waals surface area contributed by atoms with Crippen LogP contribution in [0.15, 0.2) is 29.6 Å². The number of hydrogen-bond donors (Lipinski definition) is 0. The Morgan fingerprint density at radius 3 is 2.44 bits per heavy atom. The van der Waals surface area contributed by atoms with Crippen molar-refractivity contribution in [2.45, 2.75) is 11.4 Å². The maximum Gasteiger partial charge on any atom is 0.333 e. The normalized spacial score (nSPS) is 16.6. The molecular weight excluding hydrogens is 358 g/mol. The Bertz CT molecular complexity index is 870. The van der Waals surface area contributed by atoms with E-state index in [0.29, 0.717) is 4.68 Å². The minimum Gasteiger partial charge on any atom is -0.335 e. The van der Waals surface area contributed by atoms with Gasteiger partial charge in [0.05, 0.1) is 6.20 Å². The highest BCUT2D eigenvalue weighted by Gasteiger charge is 2.31. The van der Waals surface area contributed by atoms with Crippen LogP contribution in [0.2, 0.25) is 0 Å². The van der Waals surface area contributed by atoms with Crippen molar-refractivity contribution in [3.8, 4) is 0 Å². The van der Waals surface area contributed by atoms with Crippen LogP contribution in [0.5, 0.6) is 0 Å². The van der Waals surface area contributed by atoms with Gasteiger partial charge in [-0.15, -0.1) is 0 Å². The molecule has 0 radical (unpaired) electrons. The monoisotopic (exact) mass is 374 g/mol. The van der Waals surface area contributed by atoms with Gasteiger partial charge in [-0.2, -0.15) is 23.3 Å². The van der Waals surface area contributed by atoms with E-state index in [4.69, 9.17) is 0 Å². The summed E-state index contributed by atoms with van der Waals surface area (Å²) in [5.41, 5.74) is -0.0936. The van der Waals surface area contributed by atoms with Gasteiger partial charge in [0.25, 0.3) is 5.91 Å². The summed E-state index contributed by atoms with van der Waals surface area (Å²) in [4.78, 5) is 13.8. The lowest BCUT2D eigenvalue weighted by Crippen LogP contribution is -2.50. The van der Waals surface area contributed by atoms with Crippen LogP contribution in [0.25, 0.3) is 0 Å². The molecule has 1 aliphatic rings. The van der Waals surface area contributed by atoms with Gasteiger partial charge in [-0.1, -0.05) is 0 Å². The average Bonchev–Trinajstić information content (AvgIpc) is 3.23. The number of amides is 1. The lowest BCUT2D eigenvalue weighted by atomic mass is 10.3. The Morgan fingerprint density at radius 1 is 1.24 bits per heavy atom. The summed E-state index contributed by atoms with van der Waals surface area (Å²) < 4.78 is 53.1. The molecule has 0 unspecified atom stereocenters. The van der Waals surface area contributed by atoms with Gasteiger partial charge in [-0.3, -0.25) is 9.48 Å². The number of aromatic nitrogens is 4. The van der Waals surface area contributed by atoms with Crippen molar-refractivity contribution in [1.29, 1.82) is 0 Å². The lowest BCUT2D eigenvalue weighted by molar-refractivity contribution is 0.0545. The number of nitrogens with zero attached hydrogens (tertiary/aromatic N) is 6. The Balaban J connectivity index is 1.66. The largest absolute Gasteiger partial charge is 0.335 e. The molecule has 9 nitrogen and oxygen atoms in total. The molecule has 2 aromatic rings. The predicted octanol–water partition coefficient (Wildman–Crippen LogP) is 0.158. The maximum absolute atomic E-state index is 12.5. The second kappa shape index (κ2) is 6.52. The Morgan fingerprint density at radius 2 is 1.92 bits per heavy atom. The van der Waals surface area contributed by atoms with E-state index in [1.165, 1.54) is 32.3 Å². The van der Waals surface area contributed by atoms with Gasteiger partial charge in [-0.05, 0) is 6.07 Å². The molecule has 3 rings (SSSR count). The number of hydrogen-bond acceptors (Lipinski definition) is 5. The highest BCUT2D eigenvalue weighted by atomic mass is 32.2. The SMILES string of the molecule is Cn1cc(S(=O)(=O)N2CCN(C(=O)c3ccn(C(F)F)n3)CC2)cn1. The summed E-state index contributed by atoms with van der Waals surface area (Å²) >= 11 is 0. The summed E-state index contributed by atoms with van der Waals surface area (Å²) in [5, 5.41) is 7.39. The van der Waals surface area contributed by atoms with Crippen molar-refractivity contribution < 1.29 is 22.0 Å². The van der Waals surface area contributed by atoms with Crippen molar-refractivity contribution in [1.82, 2.24) is 28.8 Å². The standard InChI is InChI=1S/C13H16F2N6O3S/c1-18-9-10(8-16-18)25(23,24)20-6-4-19(5-7-20)12(22)11-2-3-21(17-11)13(14)15/h2-3,8-9,13H,4-7H2,1H3. The number of alkyl halides is 2. The molecule has 0 aromatic carbocycles. The predicted molar refractivity (Wildman–Crippen MR) is 81.4 cm³/mol. The first kappa shape index (κ1) is 17.5. The van der Waals surface area contributed by atoms with Crippen LogP contribution in [0.3, 0.4) is 0 Å². The van der Waals surface area contributed by atoms with Crippen molar-refractivity contribution in [2.24, 2.45) is 7.05 Å². The number of carbonyl (C=O) groups is 1. The molecule has 1 fully saturated rings. The van der Waals surface area contributed by atoms with E-state index in [1.807, 2.05) is 0 Å². The molecule has 12 heteroatoms. The fourth-order valence-corrected chi connectivity index (χ4v) is 3.94. The van der Waals surface area contributed by atoms with Crippen LogP contribution in [0.4, 0.5) is 8.78 Å². The minimum absolute atomic E-state index is 0.0884. The summed E-state index contributed by atoms with van der Waals surface area (Å²) in [6, 6.07) is 1.22. The smallest absolute Gasteiger partial charge is 0.333 e. The minimum atomic E-state index is -3.67. The number of rotatable bonds is 4. The topological polar surface area (TPSA) is 93.3 Å². The molecular formula is C13H16F2N6O3S.